The number of likely N-dealkylation sites (N-methyl/N-ethyl adjacent to an activating group) is 1. The Morgan fingerprint density at radius 3 is 2.50 bits per heavy atom. The Balaban J connectivity index is 2.73. The third kappa shape index (κ3) is 1.67. The number of carbonyl (C=O) groups excluding carboxylic acids is 1. The largest absolute Gasteiger partial charge is 0.402 e. The maximum absolute atomic E-state index is 10.9. The molecule has 1 aliphatic heterocycles. The van der Waals surface area contributed by atoms with Crippen molar-refractivity contribution in [1.82, 2.24) is 5.06 Å². The molecule has 0 saturated carbocycles. The molecule has 1 rings (SSSR count). The molecule has 0 aromatic heterocycles. The van der Waals surface area contributed by atoms with E-state index in [4.69, 9.17) is 4.84 Å². The predicted octanol–water partition coefficient (Wildman–Crippen LogP) is 1.36. The predicted molar refractivity (Wildman–Crippen MR) is 46.2 cm³/mol. The fourth-order valence-electron chi connectivity index (χ4n) is 1.30. The minimum Gasteiger partial charge on any atom is -0.402 e. The highest BCUT2D eigenvalue weighted by Crippen LogP contribution is 2.22. The summed E-state index contributed by atoms with van der Waals surface area (Å²) < 4.78 is 0. The molecule has 0 aromatic rings. The standard InChI is InChI=1S/C9H15NO2/c1-6(2)8-5-9(7(3)11)12-10(8)4/h5-6,8H,1-4H3. The molecular formula is C9H15NO2. The SMILES string of the molecule is CC(=O)C1=CC(C(C)C)N(C)O1. The summed E-state index contributed by atoms with van der Waals surface area (Å²) in [6.45, 7) is 5.72. The van der Waals surface area contributed by atoms with Gasteiger partial charge in [-0.25, -0.2) is 0 Å². The van der Waals surface area contributed by atoms with Crippen LogP contribution in [0.25, 0.3) is 0 Å². The molecule has 0 fully saturated rings. The van der Waals surface area contributed by atoms with E-state index in [2.05, 4.69) is 13.8 Å². The summed E-state index contributed by atoms with van der Waals surface area (Å²) in [5, 5.41) is 1.72. The van der Waals surface area contributed by atoms with Crippen molar-refractivity contribution in [3.63, 3.8) is 0 Å². The minimum absolute atomic E-state index is 0.00926. The highest BCUT2D eigenvalue weighted by Gasteiger charge is 2.27. The Morgan fingerprint density at radius 2 is 2.25 bits per heavy atom. The number of Topliss-reactive ketones (excluding diaryl/α,β-unsaturated/α-hetero) is 1. The lowest BCUT2D eigenvalue weighted by Gasteiger charge is -2.20. The van der Waals surface area contributed by atoms with Gasteiger partial charge in [0.15, 0.2) is 11.5 Å². The Hall–Kier alpha value is -0.830. The van der Waals surface area contributed by atoms with E-state index in [1.54, 1.807) is 5.06 Å². The summed E-state index contributed by atoms with van der Waals surface area (Å²) in [7, 11) is 1.84. The monoisotopic (exact) mass is 169 g/mol. The highest BCUT2D eigenvalue weighted by molar-refractivity contribution is 5.91. The summed E-state index contributed by atoms with van der Waals surface area (Å²) in [4.78, 5) is 16.2. The summed E-state index contributed by atoms with van der Waals surface area (Å²) >= 11 is 0. The van der Waals surface area contributed by atoms with E-state index in [0.717, 1.165) is 0 Å². The third-order valence-corrected chi connectivity index (χ3v) is 2.01. The molecular weight excluding hydrogens is 154 g/mol. The van der Waals surface area contributed by atoms with Gasteiger partial charge in [0.05, 0.1) is 6.04 Å². The van der Waals surface area contributed by atoms with Crippen molar-refractivity contribution < 1.29 is 9.63 Å². The zero-order valence-corrected chi connectivity index (χ0v) is 8.00. The first-order valence-corrected chi connectivity index (χ1v) is 4.16. The van der Waals surface area contributed by atoms with Crippen LogP contribution in [0.2, 0.25) is 0 Å². The smallest absolute Gasteiger partial charge is 0.196 e. The Morgan fingerprint density at radius 1 is 1.67 bits per heavy atom. The van der Waals surface area contributed by atoms with Gasteiger partial charge in [0.1, 0.15) is 0 Å². The van der Waals surface area contributed by atoms with Crippen LogP contribution in [0.1, 0.15) is 20.8 Å². The van der Waals surface area contributed by atoms with Crippen molar-refractivity contribution in [2.45, 2.75) is 26.8 Å². The summed E-state index contributed by atoms with van der Waals surface area (Å²) in [5.41, 5.74) is 0. The van der Waals surface area contributed by atoms with E-state index in [9.17, 15) is 4.79 Å². The van der Waals surface area contributed by atoms with Gasteiger partial charge < -0.3 is 4.84 Å². The molecule has 0 aromatic carbocycles. The lowest BCUT2D eigenvalue weighted by atomic mass is 10.0. The average molecular weight is 169 g/mol. The molecule has 0 bridgehead atoms. The topological polar surface area (TPSA) is 29.5 Å². The quantitative estimate of drug-likeness (QED) is 0.625. The van der Waals surface area contributed by atoms with Gasteiger partial charge in [-0.15, -0.1) is 5.06 Å². The lowest BCUT2D eigenvalue weighted by Crippen LogP contribution is -2.29. The number of hydrogen-bond acceptors (Lipinski definition) is 3. The van der Waals surface area contributed by atoms with Gasteiger partial charge in [0.2, 0.25) is 0 Å². The van der Waals surface area contributed by atoms with Crippen molar-refractivity contribution >= 4 is 5.78 Å². The van der Waals surface area contributed by atoms with Crippen LogP contribution in [0.5, 0.6) is 0 Å². The molecule has 0 aliphatic carbocycles. The van der Waals surface area contributed by atoms with Crippen LogP contribution in [-0.4, -0.2) is 23.9 Å². The highest BCUT2D eigenvalue weighted by atomic mass is 16.7. The molecule has 1 unspecified atom stereocenters. The number of nitrogens with zero attached hydrogens (tertiary/aromatic N) is 1. The fourth-order valence-corrected chi connectivity index (χ4v) is 1.30. The number of ketones is 1. The first-order chi connectivity index (χ1) is 5.52. The second kappa shape index (κ2) is 3.27. The van der Waals surface area contributed by atoms with Crippen molar-refractivity contribution in [2.24, 2.45) is 5.92 Å². The summed E-state index contributed by atoms with van der Waals surface area (Å²) in [6.07, 6.45) is 1.88. The Bertz CT molecular complexity index is 221. The van der Waals surface area contributed by atoms with E-state index < -0.39 is 0 Å². The number of hydrogen-bond donors (Lipinski definition) is 0. The zero-order valence-electron chi connectivity index (χ0n) is 8.00. The van der Waals surface area contributed by atoms with Gasteiger partial charge in [0, 0.05) is 14.0 Å². The Kier molecular flexibility index (Phi) is 2.52. The van der Waals surface area contributed by atoms with E-state index in [1.807, 2.05) is 13.1 Å². The molecule has 3 nitrogen and oxygen atoms in total. The van der Waals surface area contributed by atoms with E-state index in [0.29, 0.717) is 11.7 Å². The molecule has 12 heavy (non-hydrogen) atoms. The van der Waals surface area contributed by atoms with Crippen LogP contribution < -0.4 is 0 Å². The third-order valence-electron chi connectivity index (χ3n) is 2.01. The summed E-state index contributed by atoms with van der Waals surface area (Å²) in [6, 6.07) is 0.226. The van der Waals surface area contributed by atoms with Crippen molar-refractivity contribution in [3.8, 4) is 0 Å². The molecule has 0 saturated heterocycles. The Labute approximate surface area is 73.0 Å². The first kappa shape index (κ1) is 9.26. The second-order valence-electron chi connectivity index (χ2n) is 3.46. The number of carbonyl (C=O) groups is 1. The van der Waals surface area contributed by atoms with Gasteiger partial charge in [0.25, 0.3) is 0 Å². The lowest BCUT2D eigenvalue weighted by molar-refractivity contribution is -0.133. The van der Waals surface area contributed by atoms with Gasteiger partial charge in [-0.2, -0.15) is 0 Å². The van der Waals surface area contributed by atoms with Crippen molar-refractivity contribution in [2.75, 3.05) is 7.05 Å². The summed E-state index contributed by atoms with van der Waals surface area (Å²) in [5.74, 6) is 0.924. The van der Waals surface area contributed by atoms with Crippen LogP contribution in [0.4, 0.5) is 0 Å². The van der Waals surface area contributed by atoms with Crippen LogP contribution in [0, 0.1) is 5.92 Å². The maximum Gasteiger partial charge on any atom is 0.196 e. The number of allylic oxidation sites excluding steroid dienone is 1. The molecule has 0 amide bonds. The number of rotatable bonds is 2. The van der Waals surface area contributed by atoms with E-state index >= 15 is 0 Å². The van der Waals surface area contributed by atoms with Crippen molar-refractivity contribution in [1.29, 1.82) is 0 Å². The number of hydroxylamine groups is 2. The van der Waals surface area contributed by atoms with Crippen LogP contribution in [-0.2, 0) is 9.63 Å². The average Bonchev–Trinajstić information content (AvgIpc) is 2.30. The first-order valence-electron chi connectivity index (χ1n) is 4.16. The van der Waals surface area contributed by atoms with Crippen molar-refractivity contribution in [3.05, 3.63) is 11.8 Å². The maximum atomic E-state index is 10.9. The molecule has 1 atom stereocenters. The fraction of sp³-hybridized carbons (Fsp3) is 0.667. The zero-order chi connectivity index (χ0) is 9.30. The minimum atomic E-state index is -0.00926. The van der Waals surface area contributed by atoms with Crippen LogP contribution >= 0.6 is 0 Å². The molecule has 0 spiro atoms. The van der Waals surface area contributed by atoms with Gasteiger partial charge in [-0.1, -0.05) is 13.8 Å². The molecule has 1 heterocycles. The molecule has 1 aliphatic rings. The van der Waals surface area contributed by atoms with Crippen LogP contribution in [0.15, 0.2) is 11.8 Å². The molecule has 3 heteroatoms. The molecule has 0 N–H and O–H groups in total. The van der Waals surface area contributed by atoms with Gasteiger partial charge in [-0.05, 0) is 12.0 Å². The normalized spacial score (nSPS) is 24.1. The van der Waals surface area contributed by atoms with Gasteiger partial charge in [-0.3, -0.25) is 4.79 Å². The van der Waals surface area contributed by atoms with Gasteiger partial charge >= 0.3 is 0 Å². The van der Waals surface area contributed by atoms with E-state index in [1.165, 1.54) is 6.92 Å². The van der Waals surface area contributed by atoms with E-state index in [-0.39, 0.29) is 11.8 Å². The second-order valence-corrected chi connectivity index (χ2v) is 3.46. The van der Waals surface area contributed by atoms with Crippen LogP contribution in [0.3, 0.4) is 0 Å². The molecule has 0 radical (unpaired) electrons. The molecule has 68 valence electrons.